The Morgan fingerprint density at radius 1 is 0.385 bits per heavy atom. The Morgan fingerprint density at radius 2 is 1.02 bits per heavy atom. The lowest BCUT2D eigenvalue weighted by Crippen LogP contribution is -2.00. The van der Waals surface area contributed by atoms with Crippen molar-refractivity contribution in [3.8, 4) is 39.5 Å². The van der Waals surface area contributed by atoms with Crippen molar-refractivity contribution in [2.24, 2.45) is 0 Å². The third-order valence-electron chi connectivity index (χ3n) is 10.3. The molecule has 5 heteroatoms. The second-order valence-corrected chi connectivity index (χ2v) is 13.3. The molecular weight excluding hydrogens is 635 g/mol. The number of para-hydroxylation sites is 5. The van der Waals surface area contributed by atoms with Crippen LogP contribution in [0, 0.1) is 0 Å². The molecule has 0 spiro atoms. The molecule has 11 rings (SSSR count). The highest BCUT2D eigenvalue weighted by atomic mass is 15.0. The van der Waals surface area contributed by atoms with Crippen LogP contribution in [0.2, 0.25) is 0 Å². The first kappa shape index (κ1) is 28.7. The highest BCUT2D eigenvalue weighted by molar-refractivity contribution is 6.16. The first-order valence-electron chi connectivity index (χ1n) is 17.5. The molecule has 0 aliphatic rings. The lowest BCUT2D eigenvalue weighted by atomic mass is 10.00. The number of aromatic nitrogens is 5. The van der Waals surface area contributed by atoms with Crippen LogP contribution in [0.1, 0.15) is 0 Å². The predicted molar refractivity (Wildman–Crippen MR) is 214 cm³/mol. The summed E-state index contributed by atoms with van der Waals surface area (Å²) < 4.78 is 4.61. The molecule has 242 valence electrons. The van der Waals surface area contributed by atoms with Gasteiger partial charge in [0, 0.05) is 33.0 Å². The minimum absolute atomic E-state index is 0.681. The molecule has 0 fully saturated rings. The highest BCUT2D eigenvalue weighted by Gasteiger charge is 2.21. The van der Waals surface area contributed by atoms with Crippen molar-refractivity contribution in [2.45, 2.75) is 0 Å². The lowest BCUT2D eigenvalue weighted by molar-refractivity contribution is 1.18. The topological polar surface area (TPSA) is 48.0 Å². The van der Waals surface area contributed by atoms with Gasteiger partial charge < -0.3 is 4.57 Å². The summed E-state index contributed by atoms with van der Waals surface area (Å²) in [5.41, 5.74) is 13.5. The molecule has 11 aromatic rings. The zero-order valence-electron chi connectivity index (χ0n) is 28.0. The lowest BCUT2D eigenvalue weighted by Gasteiger charge is -2.14. The van der Waals surface area contributed by atoms with E-state index in [2.05, 4.69) is 173 Å². The summed E-state index contributed by atoms with van der Waals surface area (Å²) in [5.74, 6) is 0.681. The molecule has 5 nitrogen and oxygen atoms in total. The van der Waals surface area contributed by atoms with Gasteiger partial charge in [-0.2, -0.15) is 0 Å². The van der Waals surface area contributed by atoms with Crippen LogP contribution >= 0.6 is 0 Å². The number of nitrogens with zero attached hydrogens (tertiary/aromatic N) is 5. The van der Waals surface area contributed by atoms with E-state index in [0.717, 1.165) is 72.1 Å². The second-order valence-electron chi connectivity index (χ2n) is 13.3. The van der Waals surface area contributed by atoms with E-state index in [-0.39, 0.29) is 0 Å². The molecule has 0 saturated heterocycles. The first-order valence-corrected chi connectivity index (χ1v) is 17.5. The Hall–Kier alpha value is -7.11. The summed E-state index contributed by atoms with van der Waals surface area (Å²) in [6.45, 7) is 0. The predicted octanol–water partition coefficient (Wildman–Crippen LogP) is 11.7. The summed E-state index contributed by atoms with van der Waals surface area (Å²) in [6, 6.07) is 61.9. The molecule has 0 unspecified atom stereocenters. The largest absolute Gasteiger partial charge is 0.309 e. The molecule has 0 bridgehead atoms. The molecule has 0 saturated carbocycles. The molecule has 52 heavy (non-hydrogen) atoms. The van der Waals surface area contributed by atoms with Crippen LogP contribution in [0.3, 0.4) is 0 Å². The SMILES string of the molecule is c1ccc(-c2nc(-c3cccc(-c4ccc5c(c4)c4ccccc4n5-c4ccccc4)c3)nc3c4ccccc4n4c5ccccc5nc4c23)cc1. The molecule has 0 aliphatic carbocycles. The van der Waals surface area contributed by atoms with Gasteiger partial charge in [0.1, 0.15) is 5.65 Å². The fraction of sp³-hybridized carbons (Fsp3) is 0. The minimum atomic E-state index is 0.681. The monoisotopic (exact) mass is 663 g/mol. The number of pyridine rings is 1. The first-order chi connectivity index (χ1) is 25.8. The Kier molecular flexibility index (Phi) is 6.18. The van der Waals surface area contributed by atoms with Crippen LogP contribution in [-0.2, 0) is 0 Å². The van der Waals surface area contributed by atoms with Gasteiger partial charge >= 0.3 is 0 Å². The molecular formula is C47H29N5. The van der Waals surface area contributed by atoms with E-state index >= 15 is 0 Å². The summed E-state index contributed by atoms with van der Waals surface area (Å²) in [4.78, 5) is 15.9. The van der Waals surface area contributed by atoms with Crippen LogP contribution in [0.5, 0.6) is 0 Å². The van der Waals surface area contributed by atoms with Crippen LogP contribution in [0.25, 0.3) is 99.8 Å². The smallest absolute Gasteiger partial charge is 0.160 e. The average molecular weight is 664 g/mol. The van der Waals surface area contributed by atoms with Gasteiger partial charge in [0.05, 0.1) is 44.2 Å². The molecule has 4 heterocycles. The maximum atomic E-state index is 5.37. The van der Waals surface area contributed by atoms with Crippen molar-refractivity contribution in [3.63, 3.8) is 0 Å². The maximum Gasteiger partial charge on any atom is 0.160 e. The van der Waals surface area contributed by atoms with Gasteiger partial charge in [-0.05, 0) is 65.7 Å². The Labute approximate surface area is 298 Å². The van der Waals surface area contributed by atoms with Crippen molar-refractivity contribution in [1.82, 2.24) is 23.9 Å². The van der Waals surface area contributed by atoms with E-state index < -0.39 is 0 Å². The van der Waals surface area contributed by atoms with Gasteiger partial charge in [0.15, 0.2) is 5.82 Å². The van der Waals surface area contributed by atoms with E-state index in [1.807, 2.05) is 12.1 Å². The Bertz CT molecular complexity index is 3180. The van der Waals surface area contributed by atoms with Gasteiger partial charge in [0.25, 0.3) is 0 Å². The third-order valence-corrected chi connectivity index (χ3v) is 10.3. The molecule has 0 atom stereocenters. The normalized spacial score (nSPS) is 11.8. The summed E-state index contributed by atoms with van der Waals surface area (Å²) in [6.07, 6.45) is 0. The number of hydrogen-bond donors (Lipinski definition) is 0. The van der Waals surface area contributed by atoms with Gasteiger partial charge in [-0.25, -0.2) is 15.0 Å². The van der Waals surface area contributed by atoms with Crippen LogP contribution in [0.15, 0.2) is 176 Å². The Balaban J connectivity index is 1.15. The van der Waals surface area contributed by atoms with Crippen molar-refractivity contribution >= 4 is 60.3 Å². The number of rotatable bonds is 4. The Morgan fingerprint density at radius 3 is 1.87 bits per heavy atom. The third kappa shape index (κ3) is 4.26. The second kappa shape index (κ2) is 11.2. The fourth-order valence-electron chi connectivity index (χ4n) is 7.95. The van der Waals surface area contributed by atoms with Crippen molar-refractivity contribution < 1.29 is 0 Å². The van der Waals surface area contributed by atoms with Gasteiger partial charge in [-0.3, -0.25) is 4.40 Å². The van der Waals surface area contributed by atoms with Gasteiger partial charge in [-0.15, -0.1) is 0 Å². The summed E-state index contributed by atoms with van der Waals surface area (Å²) >= 11 is 0. The number of benzene rings is 7. The molecule has 0 aliphatic heterocycles. The number of fused-ring (bicyclic) bond motifs is 11. The zero-order valence-corrected chi connectivity index (χ0v) is 28.0. The quantitative estimate of drug-likeness (QED) is 0.176. The zero-order chi connectivity index (χ0) is 34.2. The van der Waals surface area contributed by atoms with Gasteiger partial charge in [0.2, 0.25) is 0 Å². The van der Waals surface area contributed by atoms with Crippen LogP contribution in [-0.4, -0.2) is 23.9 Å². The summed E-state index contributed by atoms with van der Waals surface area (Å²) in [7, 11) is 0. The molecule has 4 aromatic heterocycles. The fourth-order valence-corrected chi connectivity index (χ4v) is 7.95. The number of hydrogen-bond acceptors (Lipinski definition) is 3. The van der Waals surface area contributed by atoms with E-state index in [1.54, 1.807) is 0 Å². The maximum absolute atomic E-state index is 5.37. The molecule has 0 amide bonds. The van der Waals surface area contributed by atoms with E-state index in [4.69, 9.17) is 15.0 Å². The van der Waals surface area contributed by atoms with Gasteiger partial charge in [-0.1, -0.05) is 121 Å². The minimum Gasteiger partial charge on any atom is -0.309 e. The number of imidazole rings is 1. The van der Waals surface area contributed by atoms with Crippen molar-refractivity contribution in [2.75, 3.05) is 0 Å². The van der Waals surface area contributed by atoms with Crippen LogP contribution in [0.4, 0.5) is 0 Å². The molecule has 7 aromatic carbocycles. The average Bonchev–Trinajstić information content (AvgIpc) is 3.77. The van der Waals surface area contributed by atoms with Crippen LogP contribution < -0.4 is 0 Å². The van der Waals surface area contributed by atoms with E-state index in [9.17, 15) is 0 Å². The molecule has 0 N–H and O–H groups in total. The molecule has 0 radical (unpaired) electrons. The van der Waals surface area contributed by atoms with Crippen molar-refractivity contribution in [1.29, 1.82) is 0 Å². The summed E-state index contributed by atoms with van der Waals surface area (Å²) in [5, 5.41) is 4.46. The standard InChI is InChI=1S/C47H29N5/c1-3-14-30(15-4-1)44-43-45(36-21-8-11-24-40(36)52-42-25-12-9-22-38(42)48-47(43)52)50-46(49-44)33-17-13-16-31(28-33)32-26-27-41-37(29-32)35-20-7-10-23-39(35)51(41)34-18-5-2-6-19-34/h1-29H. The van der Waals surface area contributed by atoms with Crippen molar-refractivity contribution in [3.05, 3.63) is 176 Å². The highest BCUT2D eigenvalue weighted by Crippen LogP contribution is 2.39. The van der Waals surface area contributed by atoms with E-state index in [0.29, 0.717) is 5.82 Å². The van der Waals surface area contributed by atoms with E-state index in [1.165, 1.54) is 21.8 Å².